The first-order valence-electron chi connectivity index (χ1n) is 10.4. The van der Waals surface area contributed by atoms with Gasteiger partial charge in [-0.05, 0) is 78.2 Å². The molecule has 0 N–H and O–H groups in total. The minimum Gasteiger partial charge on any atom is -0.497 e. The van der Waals surface area contributed by atoms with Crippen molar-refractivity contribution in [1.29, 1.82) is 0 Å². The van der Waals surface area contributed by atoms with Crippen LogP contribution in [0.25, 0.3) is 10.9 Å². The maximum atomic E-state index is 5.42. The van der Waals surface area contributed by atoms with Gasteiger partial charge in [-0.1, -0.05) is 40.2 Å². The molecule has 0 radical (unpaired) electrons. The molecule has 2 heteroatoms. The van der Waals surface area contributed by atoms with E-state index in [-0.39, 0.29) is 0 Å². The molecular weight excluding hydrogens is 330 g/mol. The number of pyridine rings is 1. The van der Waals surface area contributed by atoms with Gasteiger partial charge in [0.2, 0.25) is 0 Å². The van der Waals surface area contributed by atoms with Crippen molar-refractivity contribution < 1.29 is 4.74 Å². The van der Waals surface area contributed by atoms with E-state index in [1.54, 1.807) is 7.11 Å². The number of nitrogens with zero attached hydrogens (tertiary/aromatic N) is 1. The lowest BCUT2D eigenvalue weighted by molar-refractivity contribution is 0.346. The molecule has 0 saturated heterocycles. The first-order valence-corrected chi connectivity index (χ1v) is 10.4. The zero-order chi connectivity index (χ0) is 19.6. The summed E-state index contributed by atoms with van der Waals surface area (Å²) in [5.74, 6) is 3.83. The third kappa shape index (κ3) is 4.20. The lowest BCUT2D eigenvalue weighted by atomic mass is 9.86. The highest BCUT2D eigenvalue weighted by atomic mass is 16.5. The van der Waals surface area contributed by atoms with Crippen LogP contribution in [0, 0.1) is 29.1 Å². The average molecular weight is 366 g/mol. The van der Waals surface area contributed by atoms with E-state index in [1.165, 1.54) is 30.2 Å². The highest BCUT2D eigenvalue weighted by Gasteiger charge is 2.58. The molecule has 2 aromatic rings. The third-order valence-electron chi connectivity index (χ3n) is 6.64. The van der Waals surface area contributed by atoms with E-state index in [4.69, 9.17) is 4.74 Å². The zero-order valence-electron chi connectivity index (χ0n) is 17.7. The van der Waals surface area contributed by atoms with Crippen LogP contribution in [-0.2, 0) is 6.42 Å². The standard InChI is InChI=1S/C25H35NO/c1-7-22-23(10-8-17(2)3)25(22,5)16-18(4)14-19-12-13-26-24-11-9-20(27-6)15-21(19)24/h7,9,11-13,15,17-18,22-23H,1,8,10,14,16H2,2-6H3. The molecule has 1 aromatic heterocycles. The minimum absolute atomic E-state index is 0.427. The Morgan fingerprint density at radius 3 is 2.70 bits per heavy atom. The molecule has 3 rings (SSSR count). The van der Waals surface area contributed by atoms with Gasteiger partial charge in [0.1, 0.15) is 5.75 Å². The van der Waals surface area contributed by atoms with Crippen LogP contribution in [-0.4, -0.2) is 12.1 Å². The van der Waals surface area contributed by atoms with Crippen LogP contribution in [0.2, 0.25) is 0 Å². The molecular formula is C25H35NO. The van der Waals surface area contributed by atoms with Gasteiger partial charge in [-0.2, -0.15) is 0 Å². The summed E-state index contributed by atoms with van der Waals surface area (Å²) in [6.45, 7) is 13.7. The number of benzene rings is 1. The Morgan fingerprint density at radius 2 is 2.04 bits per heavy atom. The van der Waals surface area contributed by atoms with Crippen LogP contribution in [0.15, 0.2) is 43.1 Å². The van der Waals surface area contributed by atoms with Crippen LogP contribution in [0.5, 0.6) is 5.75 Å². The second kappa shape index (κ2) is 8.04. The number of fused-ring (bicyclic) bond motifs is 1. The van der Waals surface area contributed by atoms with Crippen molar-refractivity contribution in [1.82, 2.24) is 4.98 Å². The van der Waals surface area contributed by atoms with Gasteiger partial charge in [-0.25, -0.2) is 0 Å². The molecule has 0 amide bonds. The van der Waals surface area contributed by atoms with Crippen molar-refractivity contribution >= 4 is 10.9 Å². The van der Waals surface area contributed by atoms with Crippen LogP contribution in [0.4, 0.5) is 0 Å². The number of methoxy groups -OCH3 is 1. The maximum absolute atomic E-state index is 5.42. The number of aromatic nitrogens is 1. The SMILES string of the molecule is C=CC1C(CCC(C)C)C1(C)CC(C)Cc1ccnc2ccc(OC)cc12. The Kier molecular flexibility index (Phi) is 5.93. The van der Waals surface area contributed by atoms with Gasteiger partial charge < -0.3 is 4.74 Å². The molecule has 2 nitrogen and oxygen atoms in total. The zero-order valence-corrected chi connectivity index (χ0v) is 17.7. The number of ether oxygens (including phenoxy) is 1. The number of hydrogen-bond donors (Lipinski definition) is 0. The predicted molar refractivity (Wildman–Crippen MR) is 115 cm³/mol. The summed E-state index contributed by atoms with van der Waals surface area (Å²) >= 11 is 0. The summed E-state index contributed by atoms with van der Waals surface area (Å²) < 4.78 is 5.42. The second-order valence-electron chi connectivity index (χ2n) is 9.21. The van der Waals surface area contributed by atoms with E-state index >= 15 is 0 Å². The van der Waals surface area contributed by atoms with E-state index in [9.17, 15) is 0 Å². The molecule has 1 heterocycles. The molecule has 1 aromatic carbocycles. The fraction of sp³-hybridized carbons (Fsp3) is 0.560. The quantitative estimate of drug-likeness (QED) is 0.462. The second-order valence-corrected chi connectivity index (χ2v) is 9.21. The topological polar surface area (TPSA) is 22.1 Å². The van der Waals surface area contributed by atoms with Gasteiger partial charge in [0.25, 0.3) is 0 Å². The van der Waals surface area contributed by atoms with E-state index in [2.05, 4.69) is 63.5 Å². The predicted octanol–water partition coefficient (Wildman–Crippen LogP) is 6.69. The highest BCUT2D eigenvalue weighted by molar-refractivity contribution is 5.83. The van der Waals surface area contributed by atoms with Gasteiger partial charge in [-0.15, -0.1) is 6.58 Å². The van der Waals surface area contributed by atoms with Crippen LogP contribution < -0.4 is 4.74 Å². The van der Waals surface area contributed by atoms with E-state index in [0.29, 0.717) is 17.3 Å². The summed E-state index contributed by atoms with van der Waals surface area (Å²) in [5, 5.41) is 1.22. The number of rotatable bonds is 9. The fourth-order valence-electron chi connectivity index (χ4n) is 5.13. The first kappa shape index (κ1) is 19.9. The van der Waals surface area contributed by atoms with Gasteiger partial charge in [0, 0.05) is 11.6 Å². The molecule has 1 fully saturated rings. The summed E-state index contributed by atoms with van der Waals surface area (Å²) in [6, 6.07) is 8.35. The average Bonchev–Trinajstić information content (AvgIpc) is 3.21. The van der Waals surface area contributed by atoms with Crippen LogP contribution in [0.1, 0.15) is 52.5 Å². The summed E-state index contributed by atoms with van der Waals surface area (Å²) in [4.78, 5) is 4.52. The highest BCUT2D eigenvalue weighted by Crippen LogP contribution is 2.64. The summed E-state index contributed by atoms with van der Waals surface area (Å²) in [6.07, 6.45) is 9.17. The minimum atomic E-state index is 0.427. The molecule has 4 unspecified atom stereocenters. The third-order valence-corrected chi connectivity index (χ3v) is 6.64. The maximum Gasteiger partial charge on any atom is 0.119 e. The Morgan fingerprint density at radius 1 is 1.26 bits per heavy atom. The van der Waals surface area contributed by atoms with Crippen molar-refractivity contribution in [2.75, 3.05) is 7.11 Å². The molecule has 0 aliphatic heterocycles. The Hall–Kier alpha value is -1.83. The van der Waals surface area contributed by atoms with Gasteiger partial charge >= 0.3 is 0 Å². The lowest BCUT2D eigenvalue weighted by Gasteiger charge is -2.19. The van der Waals surface area contributed by atoms with Gasteiger partial charge in [0.05, 0.1) is 12.6 Å². The van der Waals surface area contributed by atoms with Gasteiger partial charge in [-0.3, -0.25) is 4.98 Å². The van der Waals surface area contributed by atoms with Crippen molar-refractivity contribution in [2.24, 2.45) is 29.1 Å². The van der Waals surface area contributed by atoms with E-state index < -0.39 is 0 Å². The van der Waals surface area contributed by atoms with Gasteiger partial charge in [0.15, 0.2) is 0 Å². The van der Waals surface area contributed by atoms with Crippen molar-refractivity contribution in [3.8, 4) is 5.75 Å². The van der Waals surface area contributed by atoms with Crippen molar-refractivity contribution in [2.45, 2.75) is 53.4 Å². The molecule has 1 aliphatic carbocycles. The molecule has 0 bridgehead atoms. The largest absolute Gasteiger partial charge is 0.497 e. The molecule has 27 heavy (non-hydrogen) atoms. The first-order chi connectivity index (χ1) is 12.9. The number of allylic oxidation sites excluding steroid dienone is 1. The monoisotopic (exact) mass is 365 g/mol. The van der Waals surface area contributed by atoms with E-state index in [0.717, 1.165) is 29.5 Å². The Labute approximate surface area is 165 Å². The molecule has 1 aliphatic rings. The molecule has 4 atom stereocenters. The van der Waals surface area contributed by atoms with Crippen molar-refractivity contribution in [3.63, 3.8) is 0 Å². The molecule has 0 spiro atoms. The normalized spacial score (nSPS) is 25.6. The van der Waals surface area contributed by atoms with Crippen LogP contribution in [0.3, 0.4) is 0 Å². The smallest absolute Gasteiger partial charge is 0.119 e. The fourth-order valence-corrected chi connectivity index (χ4v) is 5.13. The number of hydrogen-bond acceptors (Lipinski definition) is 2. The summed E-state index contributed by atoms with van der Waals surface area (Å²) in [5.41, 5.74) is 2.86. The lowest BCUT2D eigenvalue weighted by Crippen LogP contribution is -2.10. The van der Waals surface area contributed by atoms with Crippen molar-refractivity contribution in [3.05, 3.63) is 48.7 Å². The van der Waals surface area contributed by atoms with Crippen LogP contribution >= 0.6 is 0 Å². The Balaban J connectivity index is 1.71. The Bertz CT molecular complexity index is 796. The summed E-state index contributed by atoms with van der Waals surface area (Å²) in [7, 11) is 1.72. The van der Waals surface area contributed by atoms with E-state index in [1.807, 2.05) is 12.3 Å². The molecule has 1 saturated carbocycles. The molecule has 146 valence electrons.